The van der Waals surface area contributed by atoms with E-state index in [9.17, 15) is 0 Å². The number of rotatable bonds is 6. The highest BCUT2D eigenvalue weighted by Gasteiger charge is 2.07. The van der Waals surface area contributed by atoms with Crippen molar-refractivity contribution >= 4 is 0 Å². The molecule has 0 radical (unpaired) electrons. The maximum Gasteiger partial charge on any atom is 0.0823 e. The lowest BCUT2D eigenvalue weighted by atomic mass is 10.3. The number of nitrogens with zero attached hydrogens (tertiary/aromatic N) is 1. The second-order valence-electron chi connectivity index (χ2n) is 2.67. The van der Waals surface area contributed by atoms with Crippen molar-refractivity contribution in [3.8, 4) is 0 Å². The fourth-order valence-electron chi connectivity index (χ4n) is 0.908. The van der Waals surface area contributed by atoms with E-state index in [4.69, 9.17) is 10.5 Å². The Labute approximate surface area is 69.5 Å². The smallest absolute Gasteiger partial charge is 0.0823 e. The van der Waals surface area contributed by atoms with Crippen LogP contribution in [0.5, 0.6) is 0 Å². The van der Waals surface area contributed by atoms with E-state index in [0.29, 0.717) is 6.54 Å². The van der Waals surface area contributed by atoms with Gasteiger partial charge in [-0.05, 0) is 20.5 Å². The quantitative estimate of drug-likeness (QED) is 0.607. The van der Waals surface area contributed by atoms with Crippen LogP contribution in [0.2, 0.25) is 0 Å². The van der Waals surface area contributed by atoms with Gasteiger partial charge in [-0.1, -0.05) is 6.92 Å². The Balaban J connectivity index is 3.49. The van der Waals surface area contributed by atoms with Gasteiger partial charge in [0.1, 0.15) is 0 Å². The van der Waals surface area contributed by atoms with Crippen LogP contribution in [-0.2, 0) is 4.74 Å². The number of ether oxygens (including phenoxy) is 1. The highest BCUT2D eigenvalue weighted by Crippen LogP contribution is 1.92. The SMILES string of the molecule is CCOC(CN)CN(C)CC. The fourth-order valence-corrected chi connectivity index (χ4v) is 0.908. The average Bonchev–Trinajstić information content (AvgIpc) is 2.03. The highest BCUT2D eigenvalue weighted by molar-refractivity contribution is 4.62. The second kappa shape index (κ2) is 6.58. The summed E-state index contributed by atoms with van der Waals surface area (Å²) in [5.74, 6) is 0. The summed E-state index contributed by atoms with van der Waals surface area (Å²) >= 11 is 0. The third kappa shape index (κ3) is 5.18. The van der Waals surface area contributed by atoms with Crippen molar-refractivity contribution in [2.75, 3.05) is 33.3 Å². The van der Waals surface area contributed by atoms with E-state index in [1.54, 1.807) is 0 Å². The summed E-state index contributed by atoms with van der Waals surface area (Å²) in [5, 5.41) is 0. The van der Waals surface area contributed by atoms with Gasteiger partial charge in [-0.2, -0.15) is 0 Å². The van der Waals surface area contributed by atoms with Gasteiger partial charge in [0.05, 0.1) is 6.10 Å². The molecule has 0 aliphatic rings. The molecule has 0 aromatic rings. The Morgan fingerprint density at radius 3 is 2.45 bits per heavy atom. The molecule has 0 spiro atoms. The standard InChI is InChI=1S/C8H20N2O/c1-4-10(3)7-8(6-9)11-5-2/h8H,4-7,9H2,1-3H3. The molecule has 0 aliphatic carbocycles. The minimum Gasteiger partial charge on any atom is -0.376 e. The van der Waals surface area contributed by atoms with E-state index in [1.165, 1.54) is 0 Å². The van der Waals surface area contributed by atoms with Gasteiger partial charge >= 0.3 is 0 Å². The van der Waals surface area contributed by atoms with Gasteiger partial charge in [-0.15, -0.1) is 0 Å². The first-order chi connectivity index (χ1) is 5.24. The van der Waals surface area contributed by atoms with E-state index < -0.39 is 0 Å². The molecule has 0 aromatic heterocycles. The van der Waals surface area contributed by atoms with Crippen LogP contribution in [0.1, 0.15) is 13.8 Å². The Morgan fingerprint density at radius 1 is 1.45 bits per heavy atom. The molecule has 0 amide bonds. The maximum atomic E-state index is 5.51. The first kappa shape index (κ1) is 10.9. The van der Waals surface area contributed by atoms with Gasteiger partial charge in [0.25, 0.3) is 0 Å². The molecule has 0 saturated carbocycles. The molecule has 3 nitrogen and oxygen atoms in total. The normalized spacial score (nSPS) is 13.9. The number of nitrogens with two attached hydrogens (primary N) is 1. The van der Waals surface area contributed by atoms with Crippen molar-refractivity contribution in [1.29, 1.82) is 0 Å². The Hall–Kier alpha value is -0.120. The van der Waals surface area contributed by atoms with E-state index in [0.717, 1.165) is 19.7 Å². The van der Waals surface area contributed by atoms with Gasteiger partial charge in [0.2, 0.25) is 0 Å². The predicted molar refractivity (Wildman–Crippen MR) is 47.6 cm³/mol. The first-order valence-electron chi connectivity index (χ1n) is 4.24. The summed E-state index contributed by atoms with van der Waals surface area (Å²) in [4.78, 5) is 2.20. The molecule has 0 aliphatic heterocycles. The van der Waals surface area contributed by atoms with E-state index in [-0.39, 0.29) is 6.10 Å². The van der Waals surface area contributed by atoms with Crippen LogP contribution in [-0.4, -0.2) is 44.3 Å². The van der Waals surface area contributed by atoms with Gasteiger partial charge in [-0.25, -0.2) is 0 Å². The molecule has 0 saturated heterocycles. The van der Waals surface area contributed by atoms with Crippen LogP contribution >= 0.6 is 0 Å². The molecule has 1 unspecified atom stereocenters. The third-order valence-electron chi connectivity index (χ3n) is 1.72. The summed E-state index contributed by atoms with van der Waals surface area (Å²) < 4.78 is 5.40. The van der Waals surface area contributed by atoms with Crippen molar-refractivity contribution in [2.45, 2.75) is 20.0 Å². The monoisotopic (exact) mass is 160 g/mol. The highest BCUT2D eigenvalue weighted by atomic mass is 16.5. The van der Waals surface area contributed by atoms with Crippen LogP contribution in [0, 0.1) is 0 Å². The van der Waals surface area contributed by atoms with E-state index in [2.05, 4.69) is 18.9 Å². The van der Waals surface area contributed by atoms with Gasteiger partial charge < -0.3 is 15.4 Å². The van der Waals surface area contributed by atoms with Crippen molar-refractivity contribution in [3.63, 3.8) is 0 Å². The molecule has 3 heteroatoms. The van der Waals surface area contributed by atoms with Gasteiger partial charge in [0, 0.05) is 19.7 Å². The third-order valence-corrected chi connectivity index (χ3v) is 1.72. The molecule has 0 rings (SSSR count). The van der Waals surface area contributed by atoms with Crippen LogP contribution in [0.25, 0.3) is 0 Å². The molecule has 0 bridgehead atoms. The summed E-state index contributed by atoms with van der Waals surface area (Å²) in [6.45, 7) is 7.45. The number of likely N-dealkylation sites (N-methyl/N-ethyl adjacent to an activating group) is 1. The van der Waals surface area contributed by atoms with Crippen LogP contribution in [0.4, 0.5) is 0 Å². The molecule has 68 valence electrons. The lowest BCUT2D eigenvalue weighted by Crippen LogP contribution is -2.36. The zero-order chi connectivity index (χ0) is 8.69. The lowest BCUT2D eigenvalue weighted by Gasteiger charge is -2.21. The minimum atomic E-state index is 0.199. The molecular weight excluding hydrogens is 140 g/mol. The first-order valence-corrected chi connectivity index (χ1v) is 4.24. The zero-order valence-electron chi connectivity index (χ0n) is 7.84. The zero-order valence-corrected chi connectivity index (χ0v) is 7.84. The predicted octanol–water partition coefficient (Wildman–Crippen LogP) is 0.302. The van der Waals surface area contributed by atoms with Crippen molar-refractivity contribution < 1.29 is 4.74 Å². The van der Waals surface area contributed by atoms with Gasteiger partial charge in [-0.3, -0.25) is 0 Å². The summed E-state index contributed by atoms with van der Waals surface area (Å²) in [6.07, 6.45) is 0.199. The summed E-state index contributed by atoms with van der Waals surface area (Å²) in [5.41, 5.74) is 5.51. The van der Waals surface area contributed by atoms with Crippen LogP contribution in [0.3, 0.4) is 0 Å². The largest absolute Gasteiger partial charge is 0.376 e. The topological polar surface area (TPSA) is 38.5 Å². The maximum absolute atomic E-state index is 5.51. The Morgan fingerprint density at radius 2 is 2.09 bits per heavy atom. The molecule has 0 heterocycles. The van der Waals surface area contributed by atoms with E-state index in [1.807, 2.05) is 6.92 Å². The van der Waals surface area contributed by atoms with Gasteiger partial charge in [0.15, 0.2) is 0 Å². The van der Waals surface area contributed by atoms with Crippen molar-refractivity contribution in [3.05, 3.63) is 0 Å². The van der Waals surface area contributed by atoms with Crippen molar-refractivity contribution in [2.24, 2.45) is 5.73 Å². The Kier molecular flexibility index (Phi) is 6.51. The summed E-state index contributed by atoms with van der Waals surface area (Å²) in [6, 6.07) is 0. The van der Waals surface area contributed by atoms with Crippen LogP contribution < -0.4 is 5.73 Å². The summed E-state index contributed by atoms with van der Waals surface area (Å²) in [7, 11) is 2.07. The Bertz CT molecular complexity index is 88.2. The number of hydrogen-bond donors (Lipinski definition) is 1. The molecule has 11 heavy (non-hydrogen) atoms. The van der Waals surface area contributed by atoms with E-state index >= 15 is 0 Å². The minimum absolute atomic E-state index is 0.199. The van der Waals surface area contributed by atoms with Crippen LogP contribution in [0.15, 0.2) is 0 Å². The van der Waals surface area contributed by atoms with Crippen molar-refractivity contribution in [1.82, 2.24) is 4.90 Å². The molecule has 1 atom stereocenters. The fraction of sp³-hybridized carbons (Fsp3) is 1.00. The number of hydrogen-bond acceptors (Lipinski definition) is 3. The second-order valence-corrected chi connectivity index (χ2v) is 2.67. The molecule has 0 aromatic carbocycles. The molecular formula is C8H20N2O. The molecule has 2 N–H and O–H groups in total. The average molecular weight is 160 g/mol. The lowest BCUT2D eigenvalue weighted by molar-refractivity contribution is 0.0464. The molecule has 0 fully saturated rings.